The molecule has 106 valence electrons. The lowest BCUT2D eigenvalue weighted by molar-refractivity contribution is -0.120. The summed E-state index contributed by atoms with van der Waals surface area (Å²) in [6.45, 7) is 0.568. The van der Waals surface area contributed by atoms with E-state index in [1.54, 1.807) is 24.3 Å². The Hall–Kier alpha value is -1.40. The number of unbranched alkanes of at least 4 members (excludes halogenated alkanes) is 1. The molecule has 0 radical (unpaired) electrons. The molecule has 1 rings (SSSR count). The summed E-state index contributed by atoms with van der Waals surface area (Å²) >= 11 is 0. The Kier molecular flexibility index (Phi) is 8.82. The summed E-state index contributed by atoms with van der Waals surface area (Å²) in [7, 11) is 0. The standard InChI is InChI=1S/C13H19N3O2.BrH/c14-9-5-4-8-11(12(15)17)16-13(18)10-6-2-1-3-7-10;/h1-3,6-7,11H,4-5,8-9,14H2,(H2,15,17)(H,16,18);1H/t11-;/m0./s1. The van der Waals surface area contributed by atoms with Crippen LogP contribution in [0.3, 0.4) is 0 Å². The molecule has 0 aromatic heterocycles. The third-order valence-corrected chi connectivity index (χ3v) is 2.63. The first-order valence-corrected chi connectivity index (χ1v) is 6.00. The fourth-order valence-corrected chi connectivity index (χ4v) is 1.61. The summed E-state index contributed by atoms with van der Waals surface area (Å²) in [5, 5.41) is 2.64. The molecule has 0 saturated carbocycles. The number of hydrogen-bond donors (Lipinski definition) is 3. The number of benzene rings is 1. The van der Waals surface area contributed by atoms with Crippen LogP contribution in [-0.2, 0) is 4.79 Å². The lowest BCUT2D eigenvalue weighted by Gasteiger charge is -2.15. The second-order valence-corrected chi connectivity index (χ2v) is 4.08. The van der Waals surface area contributed by atoms with E-state index in [1.165, 1.54) is 0 Å². The number of hydrogen-bond acceptors (Lipinski definition) is 3. The summed E-state index contributed by atoms with van der Waals surface area (Å²) in [4.78, 5) is 23.1. The zero-order valence-electron chi connectivity index (χ0n) is 10.7. The van der Waals surface area contributed by atoms with E-state index in [9.17, 15) is 9.59 Å². The molecule has 0 aliphatic carbocycles. The van der Waals surface area contributed by atoms with Crippen LogP contribution in [0.15, 0.2) is 30.3 Å². The first kappa shape index (κ1) is 17.6. The van der Waals surface area contributed by atoms with Gasteiger partial charge in [-0.25, -0.2) is 0 Å². The zero-order chi connectivity index (χ0) is 13.4. The van der Waals surface area contributed by atoms with E-state index < -0.39 is 11.9 Å². The van der Waals surface area contributed by atoms with Crippen LogP contribution in [0.5, 0.6) is 0 Å². The van der Waals surface area contributed by atoms with Crippen molar-refractivity contribution >= 4 is 28.8 Å². The van der Waals surface area contributed by atoms with Crippen LogP contribution >= 0.6 is 17.0 Å². The summed E-state index contributed by atoms with van der Waals surface area (Å²) in [6, 6.07) is 8.10. The Morgan fingerprint density at radius 3 is 2.32 bits per heavy atom. The topological polar surface area (TPSA) is 98.2 Å². The zero-order valence-corrected chi connectivity index (χ0v) is 12.4. The Morgan fingerprint density at radius 1 is 1.16 bits per heavy atom. The number of carbonyl (C=O) groups excluding carboxylic acids is 2. The molecule has 1 atom stereocenters. The van der Waals surface area contributed by atoms with E-state index >= 15 is 0 Å². The fraction of sp³-hybridized carbons (Fsp3) is 0.385. The Morgan fingerprint density at radius 2 is 1.79 bits per heavy atom. The molecule has 0 saturated heterocycles. The first-order chi connectivity index (χ1) is 8.65. The second kappa shape index (κ2) is 9.52. The van der Waals surface area contributed by atoms with Crippen molar-refractivity contribution in [2.75, 3.05) is 6.54 Å². The maximum Gasteiger partial charge on any atom is 0.251 e. The average Bonchev–Trinajstić information content (AvgIpc) is 2.38. The van der Waals surface area contributed by atoms with Gasteiger partial charge < -0.3 is 16.8 Å². The SMILES string of the molecule is Br.NCCCC[C@H](NC(=O)c1ccccc1)C(N)=O. The molecule has 6 heteroatoms. The number of nitrogens with two attached hydrogens (primary N) is 2. The van der Waals surface area contributed by atoms with Gasteiger partial charge in [-0.15, -0.1) is 17.0 Å². The molecular formula is C13H20BrN3O2. The molecule has 1 aromatic carbocycles. The average molecular weight is 330 g/mol. The van der Waals surface area contributed by atoms with Crippen LogP contribution in [-0.4, -0.2) is 24.4 Å². The van der Waals surface area contributed by atoms with Crippen LogP contribution in [0.2, 0.25) is 0 Å². The molecule has 0 aliphatic rings. The highest BCUT2D eigenvalue weighted by molar-refractivity contribution is 8.93. The number of primary amides is 1. The van der Waals surface area contributed by atoms with Crippen LogP contribution < -0.4 is 16.8 Å². The number of halogens is 1. The smallest absolute Gasteiger partial charge is 0.251 e. The van der Waals surface area contributed by atoms with Crippen molar-refractivity contribution in [1.29, 1.82) is 0 Å². The van der Waals surface area contributed by atoms with Crippen LogP contribution in [0, 0.1) is 0 Å². The van der Waals surface area contributed by atoms with E-state index in [0.29, 0.717) is 18.5 Å². The molecule has 2 amide bonds. The van der Waals surface area contributed by atoms with E-state index in [4.69, 9.17) is 11.5 Å². The van der Waals surface area contributed by atoms with Gasteiger partial charge in [-0.2, -0.15) is 0 Å². The third-order valence-electron chi connectivity index (χ3n) is 2.63. The highest BCUT2D eigenvalue weighted by Crippen LogP contribution is 2.03. The van der Waals surface area contributed by atoms with Crippen molar-refractivity contribution in [3.05, 3.63) is 35.9 Å². The molecule has 5 nitrogen and oxygen atoms in total. The number of rotatable bonds is 7. The molecule has 19 heavy (non-hydrogen) atoms. The van der Waals surface area contributed by atoms with Crippen LogP contribution in [0.4, 0.5) is 0 Å². The Bertz CT molecular complexity index is 398. The minimum absolute atomic E-state index is 0. The monoisotopic (exact) mass is 329 g/mol. The Balaban J connectivity index is 0.00000324. The van der Waals surface area contributed by atoms with Crippen LogP contribution in [0.25, 0.3) is 0 Å². The molecule has 0 fully saturated rings. The maximum absolute atomic E-state index is 11.8. The van der Waals surface area contributed by atoms with Gasteiger partial charge in [-0.05, 0) is 37.9 Å². The molecule has 1 aromatic rings. The normalized spacial score (nSPS) is 11.2. The summed E-state index contributed by atoms with van der Waals surface area (Å²) in [6.07, 6.45) is 2.09. The number of carbonyl (C=O) groups is 2. The first-order valence-electron chi connectivity index (χ1n) is 6.00. The fourth-order valence-electron chi connectivity index (χ4n) is 1.61. The van der Waals surface area contributed by atoms with Gasteiger partial charge in [0.25, 0.3) is 5.91 Å². The predicted octanol–water partition coefficient (Wildman–Crippen LogP) is 0.977. The van der Waals surface area contributed by atoms with Gasteiger partial charge in [0.15, 0.2) is 0 Å². The minimum Gasteiger partial charge on any atom is -0.368 e. The quantitative estimate of drug-likeness (QED) is 0.650. The summed E-state index contributed by atoms with van der Waals surface area (Å²) < 4.78 is 0. The number of amides is 2. The van der Waals surface area contributed by atoms with Gasteiger partial charge in [-0.1, -0.05) is 18.2 Å². The van der Waals surface area contributed by atoms with Gasteiger partial charge in [0.05, 0.1) is 0 Å². The molecule has 0 bridgehead atoms. The Labute approximate surface area is 123 Å². The highest BCUT2D eigenvalue weighted by Gasteiger charge is 2.18. The molecule has 0 heterocycles. The van der Waals surface area contributed by atoms with Crippen LogP contribution in [0.1, 0.15) is 29.6 Å². The van der Waals surface area contributed by atoms with Crippen molar-refractivity contribution in [1.82, 2.24) is 5.32 Å². The molecule has 0 aliphatic heterocycles. The largest absolute Gasteiger partial charge is 0.368 e. The van der Waals surface area contributed by atoms with Crippen molar-refractivity contribution in [3.63, 3.8) is 0 Å². The molecule has 0 spiro atoms. The van der Waals surface area contributed by atoms with E-state index in [0.717, 1.165) is 12.8 Å². The molecular weight excluding hydrogens is 310 g/mol. The van der Waals surface area contributed by atoms with E-state index in [1.807, 2.05) is 6.07 Å². The van der Waals surface area contributed by atoms with Gasteiger partial charge in [-0.3, -0.25) is 9.59 Å². The minimum atomic E-state index is -0.635. The summed E-state index contributed by atoms with van der Waals surface area (Å²) in [5.41, 5.74) is 11.2. The predicted molar refractivity (Wildman–Crippen MR) is 80.1 cm³/mol. The lowest BCUT2D eigenvalue weighted by atomic mass is 10.1. The van der Waals surface area contributed by atoms with Crippen molar-refractivity contribution < 1.29 is 9.59 Å². The summed E-state index contributed by atoms with van der Waals surface area (Å²) in [5.74, 6) is -0.802. The highest BCUT2D eigenvalue weighted by atomic mass is 79.9. The number of nitrogens with one attached hydrogen (secondary N) is 1. The van der Waals surface area contributed by atoms with E-state index in [-0.39, 0.29) is 22.9 Å². The van der Waals surface area contributed by atoms with Gasteiger partial charge in [0.1, 0.15) is 6.04 Å². The third kappa shape index (κ3) is 6.35. The second-order valence-electron chi connectivity index (χ2n) is 4.08. The molecule has 0 unspecified atom stereocenters. The van der Waals surface area contributed by atoms with E-state index in [2.05, 4.69) is 5.32 Å². The van der Waals surface area contributed by atoms with Gasteiger partial charge >= 0.3 is 0 Å². The lowest BCUT2D eigenvalue weighted by Crippen LogP contribution is -2.44. The van der Waals surface area contributed by atoms with Gasteiger partial charge in [0, 0.05) is 5.56 Å². The van der Waals surface area contributed by atoms with Crippen molar-refractivity contribution in [2.24, 2.45) is 11.5 Å². The maximum atomic E-state index is 11.8. The molecule has 5 N–H and O–H groups in total. The van der Waals surface area contributed by atoms with Crippen molar-refractivity contribution in [3.8, 4) is 0 Å². The van der Waals surface area contributed by atoms with Gasteiger partial charge in [0.2, 0.25) is 5.91 Å². The van der Waals surface area contributed by atoms with Crippen molar-refractivity contribution in [2.45, 2.75) is 25.3 Å².